The van der Waals surface area contributed by atoms with Crippen molar-refractivity contribution >= 4 is 0 Å². The molecule has 2 aromatic rings. The Morgan fingerprint density at radius 2 is 1.87 bits per heavy atom. The minimum absolute atomic E-state index is 0.124. The summed E-state index contributed by atoms with van der Waals surface area (Å²) in [5.41, 5.74) is 1.97. The first-order valence-electron chi connectivity index (χ1n) is 8.51. The smallest absolute Gasteiger partial charge is 0.126 e. The number of halogens is 1. The fraction of sp³-hybridized carbons (Fsp3) is 0.400. The van der Waals surface area contributed by atoms with Gasteiger partial charge in [0.05, 0.1) is 6.10 Å². The first kappa shape index (κ1) is 16.0. The van der Waals surface area contributed by atoms with Crippen LogP contribution in [0.15, 0.2) is 48.5 Å². The average molecular weight is 313 g/mol. The van der Waals surface area contributed by atoms with Crippen LogP contribution < -0.4 is 10.1 Å². The molecular weight excluding hydrogens is 289 g/mol. The molecule has 1 aliphatic rings. The minimum atomic E-state index is -0.124. The van der Waals surface area contributed by atoms with Gasteiger partial charge in [0, 0.05) is 6.54 Å². The van der Waals surface area contributed by atoms with Gasteiger partial charge in [-0.05, 0) is 68.0 Å². The monoisotopic (exact) mass is 313 g/mol. The number of nitrogens with one attached hydrogen (secondary N) is 1. The molecule has 0 aromatic heterocycles. The Hall–Kier alpha value is -1.87. The van der Waals surface area contributed by atoms with Gasteiger partial charge in [-0.25, -0.2) is 4.39 Å². The van der Waals surface area contributed by atoms with E-state index in [2.05, 4.69) is 17.4 Å². The second-order valence-corrected chi connectivity index (χ2v) is 6.19. The van der Waals surface area contributed by atoms with E-state index in [1.807, 2.05) is 24.3 Å². The molecule has 23 heavy (non-hydrogen) atoms. The van der Waals surface area contributed by atoms with Crippen LogP contribution in [0.4, 0.5) is 4.39 Å². The highest BCUT2D eigenvalue weighted by Crippen LogP contribution is 2.24. The summed E-state index contributed by atoms with van der Waals surface area (Å²) in [5.74, 6) is 0.839. The summed E-state index contributed by atoms with van der Waals surface area (Å²) in [6.07, 6.45) is 5.99. The van der Waals surface area contributed by atoms with Crippen molar-refractivity contribution in [3.05, 3.63) is 65.5 Å². The highest BCUT2D eigenvalue weighted by atomic mass is 19.1. The highest BCUT2D eigenvalue weighted by molar-refractivity contribution is 5.28. The van der Waals surface area contributed by atoms with Crippen LogP contribution in [0.1, 0.15) is 36.8 Å². The van der Waals surface area contributed by atoms with E-state index in [0.29, 0.717) is 12.5 Å². The quantitative estimate of drug-likeness (QED) is 0.761. The molecule has 1 N–H and O–H groups in total. The van der Waals surface area contributed by atoms with Crippen molar-refractivity contribution in [2.45, 2.75) is 44.8 Å². The molecule has 0 saturated heterocycles. The normalized spacial score (nSPS) is 15.0. The Labute approximate surface area is 137 Å². The van der Waals surface area contributed by atoms with E-state index in [1.165, 1.54) is 37.3 Å². The summed E-state index contributed by atoms with van der Waals surface area (Å²) in [4.78, 5) is 0. The summed E-state index contributed by atoms with van der Waals surface area (Å²) >= 11 is 0. The molecule has 0 bridgehead atoms. The van der Waals surface area contributed by atoms with E-state index in [9.17, 15) is 4.39 Å². The Bertz CT molecular complexity index is 623. The van der Waals surface area contributed by atoms with Gasteiger partial charge in [0.1, 0.15) is 11.6 Å². The third kappa shape index (κ3) is 4.80. The molecule has 3 rings (SSSR count). The first-order valence-corrected chi connectivity index (χ1v) is 8.51. The second-order valence-electron chi connectivity index (χ2n) is 6.19. The molecule has 2 nitrogen and oxygen atoms in total. The van der Waals surface area contributed by atoms with Crippen LogP contribution in [-0.2, 0) is 13.0 Å². The molecule has 1 aliphatic carbocycles. The van der Waals surface area contributed by atoms with Gasteiger partial charge < -0.3 is 10.1 Å². The highest BCUT2D eigenvalue weighted by Gasteiger charge is 2.16. The summed E-state index contributed by atoms with van der Waals surface area (Å²) < 4.78 is 19.6. The summed E-state index contributed by atoms with van der Waals surface area (Å²) in [6, 6.07) is 15.2. The van der Waals surface area contributed by atoms with Crippen molar-refractivity contribution < 1.29 is 9.13 Å². The summed E-state index contributed by atoms with van der Waals surface area (Å²) in [5, 5.41) is 3.38. The standard InChI is InChI=1S/C20H24FNO/c21-20-11-4-1-7-17(20)12-13-22-15-16-6-5-10-19(14-16)23-18-8-2-3-9-18/h1,4-7,10-11,14,18,22H,2-3,8-9,12-13,15H2. The van der Waals surface area contributed by atoms with Crippen LogP contribution in [0, 0.1) is 5.82 Å². The molecule has 122 valence electrons. The van der Waals surface area contributed by atoms with Crippen LogP contribution in [-0.4, -0.2) is 12.6 Å². The van der Waals surface area contributed by atoms with E-state index in [1.54, 1.807) is 6.07 Å². The Morgan fingerprint density at radius 1 is 1.04 bits per heavy atom. The van der Waals surface area contributed by atoms with E-state index in [-0.39, 0.29) is 5.82 Å². The van der Waals surface area contributed by atoms with Crippen molar-refractivity contribution in [3.63, 3.8) is 0 Å². The maximum atomic E-state index is 13.5. The molecular formula is C20H24FNO. The van der Waals surface area contributed by atoms with Gasteiger partial charge >= 0.3 is 0 Å². The fourth-order valence-corrected chi connectivity index (χ4v) is 3.08. The zero-order valence-electron chi connectivity index (χ0n) is 13.4. The van der Waals surface area contributed by atoms with Gasteiger partial charge in [-0.1, -0.05) is 30.3 Å². The predicted molar refractivity (Wildman–Crippen MR) is 91.1 cm³/mol. The zero-order valence-corrected chi connectivity index (χ0v) is 13.4. The zero-order chi connectivity index (χ0) is 15.9. The predicted octanol–water partition coefficient (Wildman–Crippen LogP) is 4.48. The summed E-state index contributed by atoms with van der Waals surface area (Å²) in [6.45, 7) is 1.53. The van der Waals surface area contributed by atoms with Crippen molar-refractivity contribution in [2.24, 2.45) is 0 Å². The molecule has 3 heteroatoms. The van der Waals surface area contributed by atoms with Crippen molar-refractivity contribution in [1.29, 1.82) is 0 Å². The van der Waals surface area contributed by atoms with E-state index in [4.69, 9.17) is 4.74 Å². The lowest BCUT2D eigenvalue weighted by atomic mass is 10.1. The van der Waals surface area contributed by atoms with Crippen LogP contribution in [0.5, 0.6) is 5.75 Å². The Morgan fingerprint density at radius 3 is 2.70 bits per heavy atom. The maximum absolute atomic E-state index is 13.5. The molecule has 1 saturated carbocycles. The lowest BCUT2D eigenvalue weighted by Crippen LogP contribution is -2.17. The maximum Gasteiger partial charge on any atom is 0.126 e. The number of rotatable bonds is 7. The van der Waals surface area contributed by atoms with Gasteiger partial charge in [-0.3, -0.25) is 0 Å². The lowest BCUT2D eigenvalue weighted by Gasteiger charge is -2.14. The SMILES string of the molecule is Fc1ccccc1CCNCc1cccc(OC2CCCC2)c1. The molecule has 0 aliphatic heterocycles. The van der Waals surface area contributed by atoms with Gasteiger partial charge in [0.2, 0.25) is 0 Å². The largest absolute Gasteiger partial charge is 0.490 e. The van der Waals surface area contributed by atoms with Gasteiger partial charge in [0.25, 0.3) is 0 Å². The Kier molecular flexibility index (Phi) is 5.65. The second kappa shape index (κ2) is 8.11. The molecule has 0 heterocycles. The van der Waals surface area contributed by atoms with E-state index in [0.717, 1.165) is 24.4 Å². The third-order valence-corrected chi connectivity index (χ3v) is 4.36. The average Bonchev–Trinajstić information content (AvgIpc) is 3.06. The van der Waals surface area contributed by atoms with Gasteiger partial charge in [-0.2, -0.15) is 0 Å². The van der Waals surface area contributed by atoms with Crippen LogP contribution in [0.25, 0.3) is 0 Å². The van der Waals surface area contributed by atoms with Gasteiger partial charge in [-0.15, -0.1) is 0 Å². The van der Waals surface area contributed by atoms with Crippen LogP contribution in [0.3, 0.4) is 0 Å². The van der Waals surface area contributed by atoms with Crippen molar-refractivity contribution in [3.8, 4) is 5.75 Å². The number of ether oxygens (including phenoxy) is 1. The van der Waals surface area contributed by atoms with Crippen molar-refractivity contribution in [2.75, 3.05) is 6.54 Å². The molecule has 2 aromatic carbocycles. The van der Waals surface area contributed by atoms with Crippen molar-refractivity contribution in [1.82, 2.24) is 5.32 Å². The number of hydrogen-bond donors (Lipinski definition) is 1. The minimum Gasteiger partial charge on any atom is -0.490 e. The molecule has 0 unspecified atom stereocenters. The number of benzene rings is 2. The van der Waals surface area contributed by atoms with Crippen LogP contribution >= 0.6 is 0 Å². The Balaban J connectivity index is 1.45. The fourth-order valence-electron chi connectivity index (χ4n) is 3.08. The first-order chi connectivity index (χ1) is 11.3. The van der Waals surface area contributed by atoms with Crippen LogP contribution in [0.2, 0.25) is 0 Å². The topological polar surface area (TPSA) is 21.3 Å². The third-order valence-electron chi connectivity index (χ3n) is 4.36. The van der Waals surface area contributed by atoms with E-state index >= 15 is 0 Å². The van der Waals surface area contributed by atoms with E-state index < -0.39 is 0 Å². The molecule has 0 amide bonds. The molecule has 0 radical (unpaired) electrons. The summed E-state index contributed by atoms with van der Waals surface area (Å²) in [7, 11) is 0. The number of hydrogen-bond acceptors (Lipinski definition) is 2. The molecule has 1 fully saturated rings. The van der Waals surface area contributed by atoms with Gasteiger partial charge in [0.15, 0.2) is 0 Å². The lowest BCUT2D eigenvalue weighted by molar-refractivity contribution is 0.210. The molecule has 0 atom stereocenters. The molecule has 0 spiro atoms.